The fourth-order valence-corrected chi connectivity index (χ4v) is 4.32. The van der Waals surface area contributed by atoms with Gasteiger partial charge in [-0.05, 0) is 38.8 Å². The van der Waals surface area contributed by atoms with E-state index in [0.717, 1.165) is 12.8 Å². The van der Waals surface area contributed by atoms with Gasteiger partial charge in [0.1, 0.15) is 5.75 Å². The summed E-state index contributed by atoms with van der Waals surface area (Å²) >= 11 is 0. The molecule has 2 aliphatic rings. The van der Waals surface area contributed by atoms with Gasteiger partial charge in [0.2, 0.25) is 0 Å². The average molecular weight is 323 g/mol. The molecule has 1 saturated heterocycles. The highest BCUT2D eigenvalue weighted by atomic mass is 32.2. The van der Waals surface area contributed by atoms with Crippen LogP contribution in [0.3, 0.4) is 0 Å². The van der Waals surface area contributed by atoms with Gasteiger partial charge in [0, 0.05) is 13.1 Å². The van der Waals surface area contributed by atoms with Gasteiger partial charge in [-0.3, -0.25) is 4.79 Å². The van der Waals surface area contributed by atoms with Gasteiger partial charge in [-0.2, -0.15) is 0 Å². The Morgan fingerprint density at radius 2 is 1.73 bits per heavy atom. The number of carbonyl (C=O) groups is 1. The van der Waals surface area contributed by atoms with E-state index in [1.54, 1.807) is 36.9 Å². The highest BCUT2D eigenvalue weighted by Gasteiger charge is 2.38. The Hall–Kier alpha value is -1.56. The lowest BCUT2D eigenvalue weighted by molar-refractivity contribution is 0.0744. The van der Waals surface area contributed by atoms with Gasteiger partial charge in [0.05, 0.1) is 22.2 Å². The predicted octanol–water partition coefficient (Wildman–Crippen LogP) is 1.88. The summed E-state index contributed by atoms with van der Waals surface area (Å²) in [6, 6.07) is 7.21. The van der Waals surface area contributed by atoms with Crippen LogP contribution in [0.5, 0.6) is 5.75 Å². The van der Waals surface area contributed by atoms with Crippen LogP contribution in [-0.2, 0) is 9.84 Å². The summed E-state index contributed by atoms with van der Waals surface area (Å²) in [7, 11) is -3.13. The number of ether oxygens (including phenoxy) is 1. The van der Waals surface area contributed by atoms with Gasteiger partial charge >= 0.3 is 0 Å². The molecule has 1 aromatic rings. The van der Waals surface area contributed by atoms with Crippen molar-refractivity contribution in [1.82, 2.24) is 4.90 Å². The third kappa shape index (κ3) is 2.84. The summed E-state index contributed by atoms with van der Waals surface area (Å²) in [5.41, 5.74) is 0.521. The minimum atomic E-state index is -3.13. The molecule has 0 radical (unpaired) electrons. The number of carbonyl (C=O) groups excluding carboxylic acids is 1. The van der Waals surface area contributed by atoms with Gasteiger partial charge in [0.15, 0.2) is 9.84 Å². The first kappa shape index (κ1) is 15.3. The van der Waals surface area contributed by atoms with Crippen molar-refractivity contribution in [1.29, 1.82) is 0 Å². The van der Waals surface area contributed by atoms with E-state index in [4.69, 9.17) is 4.74 Å². The fraction of sp³-hybridized carbons (Fsp3) is 0.562. The lowest BCUT2D eigenvalue weighted by Crippen LogP contribution is -2.52. The van der Waals surface area contributed by atoms with Gasteiger partial charge < -0.3 is 9.64 Å². The lowest BCUT2D eigenvalue weighted by atomic mass is 10.1. The topological polar surface area (TPSA) is 63.7 Å². The maximum atomic E-state index is 12.8. The summed E-state index contributed by atoms with van der Waals surface area (Å²) in [5.74, 6) is 0.452. The molecule has 1 aliphatic heterocycles. The van der Waals surface area contributed by atoms with E-state index >= 15 is 0 Å². The number of benzene rings is 1. The van der Waals surface area contributed by atoms with Crippen molar-refractivity contribution in [2.24, 2.45) is 0 Å². The van der Waals surface area contributed by atoms with Crippen molar-refractivity contribution in [3.8, 4) is 5.75 Å². The minimum Gasteiger partial charge on any atom is -0.490 e. The van der Waals surface area contributed by atoms with Crippen LogP contribution >= 0.6 is 0 Å². The molecule has 3 rings (SSSR count). The van der Waals surface area contributed by atoms with Crippen LogP contribution in [0.1, 0.15) is 37.0 Å². The second-order valence-electron chi connectivity index (χ2n) is 6.23. The Morgan fingerprint density at radius 3 is 2.32 bits per heavy atom. The lowest BCUT2D eigenvalue weighted by Gasteiger charge is -2.35. The van der Waals surface area contributed by atoms with E-state index in [-0.39, 0.29) is 25.1 Å². The van der Waals surface area contributed by atoms with Crippen molar-refractivity contribution >= 4 is 15.7 Å². The third-order valence-electron chi connectivity index (χ3n) is 4.30. The Balaban J connectivity index is 1.82. The Bertz CT molecular complexity index is 663. The summed E-state index contributed by atoms with van der Waals surface area (Å²) in [5, 5.41) is -1.06. The second-order valence-corrected chi connectivity index (χ2v) is 9.02. The molecule has 0 aromatic heterocycles. The molecule has 1 aromatic carbocycles. The molecule has 1 heterocycles. The number of amides is 1. The first-order valence-corrected chi connectivity index (χ1v) is 9.28. The summed E-state index contributed by atoms with van der Waals surface area (Å²) in [4.78, 5) is 14.4. The van der Waals surface area contributed by atoms with E-state index < -0.39 is 20.3 Å². The van der Waals surface area contributed by atoms with Crippen molar-refractivity contribution < 1.29 is 17.9 Å². The van der Waals surface area contributed by atoms with E-state index in [0.29, 0.717) is 11.3 Å². The third-order valence-corrected chi connectivity index (χ3v) is 6.84. The van der Waals surface area contributed by atoms with Crippen molar-refractivity contribution in [2.45, 2.75) is 43.3 Å². The van der Waals surface area contributed by atoms with Crippen LogP contribution in [-0.4, -0.2) is 48.9 Å². The Kier molecular flexibility index (Phi) is 3.89. The molecule has 1 saturated carbocycles. The molecular weight excluding hydrogens is 302 g/mol. The smallest absolute Gasteiger partial charge is 0.257 e. The van der Waals surface area contributed by atoms with Gasteiger partial charge in [0.25, 0.3) is 5.91 Å². The maximum Gasteiger partial charge on any atom is 0.257 e. The first-order valence-electron chi connectivity index (χ1n) is 7.67. The summed E-state index contributed by atoms with van der Waals surface area (Å²) in [6.45, 7) is 3.81. The number of para-hydroxylation sites is 1. The second kappa shape index (κ2) is 5.57. The number of rotatable bonds is 3. The van der Waals surface area contributed by atoms with E-state index in [1.807, 2.05) is 6.07 Å². The zero-order chi connectivity index (χ0) is 15.9. The molecule has 2 unspecified atom stereocenters. The normalized spacial score (nSPS) is 27.5. The SMILES string of the molecule is CC1CN(C(=O)c2ccccc2OC2CC2)CC(C)S1(=O)=O. The zero-order valence-electron chi connectivity index (χ0n) is 12.9. The first-order chi connectivity index (χ1) is 10.4. The van der Waals surface area contributed by atoms with Crippen molar-refractivity contribution in [2.75, 3.05) is 13.1 Å². The Morgan fingerprint density at radius 1 is 1.14 bits per heavy atom. The number of hydrogen-bond donors (Lipinski definition) is 0. The molecule has 0 spiro atoms. The minimum absolute atomic E-state index is 0.148. The Labute approximate surface area is 131 Å². The largest absolute Gasteiger partial charge is 0.490 e. The maximum absolute atomic E-state index is 12.8. The van der Waals surface area contributed by atoms with E-state index in [1.165, 1.54) is 0 Å². The van der Waals surface area contributed by atoms with Crippen molar-refractivity contribution in [3.05, 3.63) is 29.8 Å². The van der Waals surface area contributed by atoms with Crippen LogP contribution in [0.25, 0.3) is 0 Å². The highest BCUT2D eigenvalue weighted by Crippen LogP contribution is 2.30. The van der Waals surface area contributed by atoms with E-state index in [2.05, 4.69) is 0 Å². The fourth-order valence-electron chi connectivity index (χ4n) is 2.75. The van der Waals surface area contributed by atoms with Crippen LogP contribution in [0.2, 0.25) is 0 Å². The molecule has 2 atom stereocenters. The van der Waals surface area contributed by atoms with Gasteiger partial charge in [-0.25, -0.2) is 8.42 Å². The molecule has 0 N–H and O–H groups in total. The predicted molar refractivity (Wildman–Crippen MR) is 83.8 cm³/mol. The van der Waals surface area contributed by atoms with Crippen molar-refractivity contribution in [3.63, 3.8) is 0 Å². The average Bonchev–Trinajstić information content (AvgIpc) is 3.28. The summed E-state index contributed by atoms with van der Waals surface area (Å²) in [6.07, 6.45) is 2.27. The molecule has 22 heavy (non-hydrogen) atoms. The van der Waals surface area contributed by atoms with E-state index in [9.17, 15) is 13.2 Å². The number of nitrogens with zero attached hydrogens (tertiary/aromatic N) is 1. The molecule has 1 amide bonds. The van der Waals surface area contributed by atoms with Crippen LogP contribution < -0.4 is 4.74 Å². The number of sulfone groups is 1. The molecule has 0 bridgehead atoms. The monoisotopic (exact) mass is 323 g/mol. The molecule has 6 heteroatoms. The molecule has 5 nitrogen and oxygen atoms in total. The molecule has 120 valence electrons. The van der Waals surface area contributed by atoms with Gasteiger partial charge in [-0.15, -0.1) is 0 Å². The zero-order valence-corrected chi connectivity index (χ0v) is 13.7. The number of hydrogen-bond acceptors (Lipinski definition) is 4. The van der Waals surface area contributed by atoms with Gasteiger partial charge in [-0.1, -0.05) is 12.1 Å². The summed E-state index contributed by atoms with van der Waals surface area (Å²) < 4.78 is 29.9. The van der Waals surface area contributed by atoms with Crippen LogP contribution in [0, 0.1) is 0 Å². The van der Waals surface area contributed by atoms with Crippen LogP contribution in [0.15, 0.2) is 24.3 Å². The molecule has 1 aliphatic carbocycles. The quantitative estimate of drug-likeness (QED) is 0.852. The highest BCUT2D eigenvalue weighted by molar-refractivity contribution is 7.92. The molecular formula is C16H21NO4S. The van der Waals surface area contributed by atoms with Crippen LogP contribution in [0.4, 0.5) is 0 Å². The molecule has 2 fully saturated rings. The standard InChI is InChI=1S/C16H21NO4S/c1-11-9-17(10-12(2)22(11,19)20)16(18)14-5-3-4-6-15(14)21-13-7-8-13/h3-6,11-13H,7-10H2,1-2H3.